The van der Waals surface area contributed by atoms with Gasteiger partial charge >= 0.3 is 5.97 Å². The highest BCUT2D eigenvalue weighted by Crippen LogP contribution is 2.18. The molecule has 370 valence electrons. The molecule has 0 spiro atoms. The van der Waals surface area contributed by atoms with Crippen LogP contribution in [0.3, 0.4) is 0 Å². The normalized spacial score (nSPS) is 13.4. The number of hydrogen-bond donors (Lipinski definition) is 3. The molecule has 0 saturated heterocycles. The summed E-state index contributed by atoms with van der Waals surface area (Å²) >= 11 is 0. The molecule has 0 saturated carbocycles. The molecule has 0 rings (SSSR count). The van der Waals surface area contributed by atoms with Crippen LogP contribution >= 0.6 is 0 Å². The summed E-state index contributed by atoms with van der Waals surface area (Å²) in [6.45, 7) is 6.46. The molecule has 0 aliphatic heterocycles. The van der Waals surface area contributed by atoms with E-state index in [1.807, 2.05) is 0 Å². The molecule has 0 aliphatic carbocycles. The molecule has 3 atom stereocenters. The van der Waals surface area contributed by atoms with Crippen LogP contribution in [0.4, 0.5) is 0 Å². The monoisotopic (exact) mass is 886 g/mol. The van der Waals surface area contributed by atoms with Crippen LogP contribution in [0.5, 0.6) is 0 Å². The van der Waals surface area contributed by atoms with E-state index in [4.69, 9.17) is 4.74 Å². The van der Waals surface area contributed by atoms with Gasteiger partial charge < -0.3 is 20.3 Å². The highest BCUT2D eigenvalue weighted by atomic mass is 16.5. The molecule has 63 heavy (non-hydrogen) atoms. The zero-order valence-electron chi connectivity index (χ0n) is 42.2. The van der Waals surface area contributed by atoms with Gasteiger partial charge in [0.2, 0.25) is 5.91 Å². The number of ether oxygens (including phenoxy) is 1. The Hall–Kier alpha value is -1.92. The average molecular weight is 886 g/mol. The van der Waals surface area contributed by atoms with Gasteiger partial charge in [-0.15, -0.1) is 0 Å². The van der Waals surface area contributed by atoms with E-state index in [1.54, 1.807) is 0 Å². The molecule has 3 unspecified atom stereocenters. The van der Waals surface area contributed by atoms with E-state index in [-0.39, 0.29) is 24.9 Å². The van der Waals surface area contributed by atoms with E-state index < -0.39 is 18.2 Å². The second kappa shape index (κ2) is 51.1. The maximum atomic E-state index is 13.2. The van der Waals surface area contributed by atoms with Crippen LogP contribution < -0.4 is 5.32 Å². The largest absolute Gasteiger partial charge is 0.462 e. The number of aliphatic hydroxyl groups excluding tert-OH is 2. The highest BCUT2D eigenvalue weighted by molar-refractivity contribution is 5.77. The van der Waals surface area contributed by atoms with E-state index >= 15 is 0 Å². The minimum atomic E-state index is -0.794. The van der Waals surface area contributed by atoms with Crippen molar-refractivity contribution in [1.82, 2.24) is 5.32 Å². The summed E-state index contributed by atoms with van der Waals surface area (Å²) in [5.74, 6) is -0.503. The van der Waals surface area contributed by atoms with Crippen molar-refractivity contribution in [1.29, 1.82) is 0 Å². The highest BCUT2D eigenvalue weighted by Gasteiger charge is 2.24. The molecule has 0 aromatic heterocycles. The van der Waals surface area contributed by atoms with Gasteiger partial charge in [-0.3, -0.25) is 9.59 Å². The molecule has 0 aliphatic rings. The standard InChI is InChI=1S/C57H107NO5/c1-4-7-10-13-16-19-22-25-27-28-29-31-34-37-40-43-46-49-55(60)54(52-59)58-56(61)51-53(48-45-42-39-36-33-30-24-21-18-15-12-9-6-3)63-57(62)50-47-44-41-38-35-32-26-23-20-17-14-11-8-5-2/h18,21,24,30,32,35,53-55,59-60H,4-17,19-20,22-23,25-29,31,33-34,36-52H2,1-3H3,(H,58,61)/b21-18+,30-24+,35-32-. The van der Waals surface area contributed by atoms with E-state index in [1.165, 1.54) is 161 Å². The van der Waals surface area contributed by atoms with Crippen LogP contribution in [0, 0.1) is 0 Å². The van der Waals surface area contributed by atoms with Gasteiger partial charge in [0.1, 0.15) is 6.10 Å². The Morgan fingerprint density at radius 3 is 1.25 bits per heavy atom. The smallest absolute Gasteiger partial charge is 0.306 e. The van der Waals surface area contributed by atoms with Crippen molar-refractivity contribution in [2.45, 2.75) is 309 Å². The Morgan fingerprint density at radius 1 is 0.460 bits per heavy atom. The van der Waals surface area contributed by atoms with Crippen LogP contribution in [0.15, 0.2) is 36.5 Å². The fourth-order valence-corrected chi connectivity index (χ4v) is 8.48. The van der Waals surface area contributed by atoms with Gasteiger partial charge in [-0.1, -0.05) is 237 Å². The lowest BCUT2D eigenvalue weighted by atomic mass is 10.0. The molecule has 3 N–H and O–H groups in total. The van der Waals surface area contributed by atoms with E-state index in [0.29, 0.717) is 19.3 Å². The van der Waals surface area contributed by atoms with Crippen LogP contribution in [-0.2, 0) is 14.3 Å². The molecular formula is C57H107NO5. The lowest BCUT2D eigenvalue weighted by Crippen LogP contribution is -2.46. The minimum Gasteiger partial charge on any atom is -0.462 e. The molecule has 6 heteroatoms. The summed E-state index contributed by atoms with van der Waals surface area (Å²) in [6.07, 6.45) is 60.6. The van der Waals surface area contributed by atoms with Crippen molar-refractivity contribution in [3.63, 3.8) is 0 Å². The average Bonchev–Trinajstić information content (AvgIpc) is 3.28. The summed E-state index contributed by atoms with van der Waals surface area (Å²) in [5, 5.41) is 23.8. The lowest BCUT2D eigenvalue weighted by Gasteiger charge is -2.24. The Bertz CT molecular complexity index is 1040. The molecule has 0 radical (unpaired) electrons. The second-order valence-corrected chi connectivity index (χ2v) is 19.0. The maximum Gasteiger partial charge on any atom is 0.306 e. The summed E-state index contributed by atoms with van der Waals surface area (Å²) < 4.78 is 5.93. The second-order valence-electron chi connectivity index (χ2n) is 19.0. The lowest BCUT2D eigenvalue weighted by molar-refractivity contribution is -0.151. The van der Waals surface area contributed by atoms with Crippen molar-refractivity contribution in [3.8, 4) is 0 Å². The third kappa shape index (κ3) is 46.4. The first-order valence-electron chi connectivity index (χ1n) is 27.7. The third-order valence-electron chi connectivity index (χ3n) is 12.7. The maximum absolute atomic E-state index is 13.2. The first-order chi connectivity index (χ1) is 31.0. The molecular weight excluding hydrogens is 779 g/mol. The Balaban J connectivity index is 4.54. The molecule has 0 heterocycles. The SMILES string of the molecule is CCCCC/C=C/C=C/CCCCCCC(CC(=O)NC(CO)C(O)CCCCCCCCCCCCCCCCCCC)OC(=O)CCCCC/C=C\CCCCCCCCC. The van der Waals surface area contributed by atoms with E-state index in [0.717, 1.165) is 83.5 Å². The predicted octanol–water partition coefficient (Wildman–Crippen LogP) is 16.8. The van der Waals surface area contributed by atoms with Gasteiger partial charge in [-0.05, 0) is 77.0 Å². The number of allylic oxidation sites excluding steroid dienone is 6. The number of rotatable bonds is 50. The van der Waals surface area contributed by atoms with Gasteiger partial charge in [-0.25, -0.2) is 0 Å². The van der Waals surface area contributed by atoms with Crippen LogP contribution in [0.1, 0.15) is 290 Å². The molecule has 0 aromatic carbocycles. The number of nitrogens with one attached hydrogen (secondary N) is 1. The van der Waals surface area contributed by atoms with Gasteiger partial charge in [0.15, 0.2) is 0 Å². The molecule has 0 bridgehead atoms. The number of esters is 1. The third-order valence-corrected chi connectivity index (χ3v) is 12.7. The quantitative estimate of drug-likeness (QED) is 0.0245. The number of carbonyl (C=O) groups is 2. The minimum absolute atomic E-state index is 0.0605. The summed E-state index contributed by atoms with van der Waals surface area (Å²) in [7, 11) is 0. The fourth-order valence-electron chi connectivity index (χ4n) is 8.48. The van der Waals surface area contributed by atoms with Crippen molar-refractivity contribution < 1.29 is 24.5 Å². The van der Waals surface area contributed by atoms with E-state index in [9.17, 15) is 19.8 Å². The zero-order valence-corrected chi connectivity index (χ0v) is 42.2. The Labute approximate surface area is 392 Å². The molecule has 0 fully saturated rings. The fraction of sp³-hybridized carbons (Fsp3) is 0.860. The number of carbonyl (C=O) groups excluding carboxylic acids is 2. The number of aliphatic hydroxyl groups is 2. The van der Waals surface area contributed by atoms with Crippen molar-refractivity contribution >= 4 is 11.9 Å². The van der Waals surface area contributed by atoms with Crippen molar-refractivity contribution in [2.75, 3.05) is 6.61 Å². The van der Waals surface area contributed by atoms with Crippen LogP contribution in [0.25, 0.3) is 0 Å². The first kappa shape index (κ1) is 61.1. The molecule has 6 nitrogen and oxygen atoms in total. The molecule has 1 amide bonds. The topological polar surface area (TPSA) is 95.9 Å². The van der Waals surface area contributed by atoms with Crippen LogP contribution in [-0.4, -0.2) is 46.9 Å². The Kier molecular flexibility index (Phi) is 49.5. The zero-order chi connectivity index (χ0) is 45.9. The number of unbranched alkanes of at least 4 members (excludes halogenated alkanes) is 33. The van der Waals surface area contributed by atoms with Crippen molar-refractivity contribution in [2.24, 2.45) is 0 Å². The van der Waals surface area contributed by atoms with Gasteiger partial charge in [0, 0.05) is 6.42 Å². The summed E-state index contributed by atoms with van der Waals surface area (Å²) in [5.41, 5.74) is 0. The van der Waals surface area contributed by atoms with Gasteiger partial charge in [0.25, 0.3) is 0 Å². The van der Waals surface area contributed by atoms with E-state index in [2.05, 4.69) is 62.5 Å². The number of hydrogen-bond acceptors (Lipinski definition) is 5. The predicted molar refractivity (Wildman–Crippen MR) is 273 cm³/mol. The van der Waals surface area contributed by atoms with Crippen LogP contribution in [0.2, 0.25) is 0 Å². The number of amides is 1. The first-order valence-corrected chi connectivity index (χ1v) is 27.7. The van der Waals surface area contributed by atoms with Gasteiger partial charge in [0.05, 0.1) is 25.2 Å². The van der Waals surface area contributed by atoms with Crippen molar-refractivity contribution in [3.05, 3.63) is 36.5 Å². The van der Waals surface area contributed by atoms with Gasteiger partial charge in [-0.2, -0.15) is 0 Å². The summed E-state index contributed by atoms with van der Waals surface area (Å²) in [6, 6.07) is -0.709. The summed E-state index contributed by atoms with van der Waals surface area (Å²) in [4.78, 5) is 26.2. The Morgan fingerprint density at radius 2 is 0.810 bits per heavy atom. The molecule has 0 aromatic rings.